The summed E-state index contributed by atoms with van der Waals surface area (Å²) >= 11 is 0. The number of nitrogens with zero attached hydrogens (tertiary/aromatic N) is 1. The largest absolute Gasteiger partial charge is 0.460 e. The third-order valence-electron chi connectivity index (χ3n) is 6.20. The number of hydrogen-bond donors (Lipinski definition) is 0. The molecule has 0 N–H and O–H groups in total. The maximum atomic E-state index is 13.5. The van der Waals surface area contributed by atoms with Gasteiger partial charge in [-0.15, -0.1) is 0 Å². The predicted octanol–water partition coefficient (Wildman–Crippen LogP) is 4.81. The number of ether oxygens (including phenoxy) is 1. The highest BCUT2D eigenvalue weighted by molar-refractivity contribution is 6.01. The van der Waals surface area contributed by atoms with Gasteiger partial charge in [-0.2, -0.15) is 0 Å². The van der Waals surface area contributed by atoms with Crippen molar-refractivity contribution in [3.05, 3.63) is 83.9 Å². The third-order valence-corrected chi connectivity index (χ3v) is 6.20. The molecule has 0 saturated carbocycles. The lowest BCUT2D eigenvalue weighted by atomic mass is 9.80. The van der Waals surface area contributed by atoms with Gasteiger partial charge in [-0.05, 0) is 51.3 Å². The lowest BCUT2D eigenvalue weighted by molar-refractivity contribution is -0.160. The molecule has 1 saturated heterocycles. The van der Waals surface area contributed by atoms with E-state index in [0.29, 0.717) is 6.42 Å². The van der Waals surface area contributed by atoms with E-state index in [2.05, 4.69) is 24.0 Å². The molecule has 4 nitrogen and oxygen atoms in total. The zero-order chi connectivity index (χ0) is 21.5. The third kappa shape index (κ3) is 3.39. The van der Waals surface area contributed by atoms with Crippen LogP contribution in [0.25, 0.3) is 0 Å². The maximum absolute atomic E-state index is 13.5. The molecule has 2 aliphatic heterocycles. The van der Waals surface area contributed by atoms with Crippen LogP contribution in [0.1, 0.15) is 51.3 Å². The van der Waals surface area contributed by atoms with E-state index in [-0.39, 0.29) is 23.8 Å². The van der Waals surface area contributed by atoms with Crippen LogP contribution in [0.4, 0.5) is 0 Å². The summed E-state index contributed by atoms with van der Waals surface area (Å²) in [6.45, 7) is 7.75. The summed E-state index contributed by atoms with van der Waals surface area (Å²) in [7, 11) is 0. The topological polar surface area (TPSA) is 46.6 Å². The molecular formula is C26H29NO3. The van der Waals surface area contributed by atoms with Crippen LogP contribution in [-0.2, 0) is 19.9 Å². The van der Waals surface area contributed by atoms with Gasteiger partial charge >= 0.3 is 5.97 Å². The Hall–Kier alpha value is -2.72. The predicted molar refractivity (Wildman–Crippen MR) is 117 cm³/mol. The Kier molecular flexibility index (Phi) is 5.15. The van der Waals surface area contributed by atoms with E-state index in [1.165, 1.54) is 0 Å². The molecule has 156 valence electrons. The van der Waals surface area contributed by atoms with Gasteiger partial charge in [0.2, 0.25) is 0 Å². The molecule has 4 heteroatoms. The summed E-state index contributed by atoms with van der Waals surface area (Å²) in [5.74, 6) is -0.619. The number of fused-ring (bicyclic) bond motifs is 2. The van der Waals surface area contributed by atoms with Crippen molar-refractivity contribution < 1.29 is 14.3 Å². The van der Waals surface area contributed by atoms with Crippen LogP contribution in [0.2, 0.25) is 0 Å². The van der Waals surface area contributed by atoms with Crippen molar-refractivity contribution in [2.45, 2.75) is 57.3 Å². The van der Waals surface area contributed by atoms with E-state index < -0.39 is 17.1 Å². The molecule has 4 rings (SSSR count). The summed E-state index contributed by atoms with van der Waals surface area (Å²) in [4.78, 5) is 28.9. The highest BCUT2D eigenvalue weighted by Crippen LogP contribution is 2.53. The van der Waals surface area contributed by atoms with E-state index in [0.717, 1.165) is 11.1 Å². The van der Waals surface area contributed by atoms with Gasteiger partial charge in [0.15, 0.2) is 5.78 Å². The summed E-state index contributed by atoms with van der Waals surface area (Å²) in [6.07, 6.45) is 3.97. The average molecular weight is 404 g/mol. The van der Waals surface area contributed by atoms with Crippen LogP contribution in [0.5, 0.6) is 0 Å². The Morgan fingerprint density at radius 3 is 2.27 bits per heavy atom. The van der Waals surface area contributed by atoms with Crippen molar-refractivity contribution in [2.24, 2.45) is 5.92 Å². The standard InChI is InChI=1S/C26H29NO3/c1-18(19-11-7-5-8-12-19)27-22-15-16-23(28)26(27,20-13-9-6-10-14-20)17-21(22)24(29)30-25(2,3)4/h5-16,18,21-22H,17H2,1-4H3/t18-,21-,22+,26-/m0/s1. The number of rotatable bonds is 4. The van der Waals surface area contributed by atoms with Crippen LogP contribution in [0, 0.1) is 5.92 Å². The molecule has 4 atom stereocenters. The highest BCUT2D eigenvalue weighted by Gasteiger charge is 2.61. The van der Waals surface area contributed by atoms with Crippen molar-refractivity contribution in [1.29, 1.82) is 0 Å². The minimum absolute atomic E-state index is 0.0267. The van der Waals surface area contributed by atoms with Gasteiger partial charge in [0, 0.05) is 12.1 Å². The molecule has 0 amide bonds. The number of ketones is 1. The molecule has 0 unspecified atom stereocenters. The summed E-state index contributed by atoms with van der Waals surface area (Å²) in [5, 5.41) is 0. The fraction of sp³-hybridized carbons (Fsp3) is 0.385. The van der Waals surface area contributed by atoms with Gasteiger partial charge in [-0.3, -0.25) is 14.5 Å². The minimum atomic E-state index is -0.877. The van der Waals surface area contributed by atoms with Crippen molar-refractivity contribution in [3.63, 3.8) is 0 Å². The van der Waals surface area contributed by atoms with Crippen LogP contribution < -0.4 is 0 Å². The van der Waals surface area contributed by atoms with Gasteiger partial charge in [-0.25, -0.2) is 0 Å². The first-order valence-electron chi connectivity index (χ1n) is 10.6. The first-order valence-corrected chi connectivity index (χ1v) is 10.6. The number of carbonyl (C=O) groups excluding carboxylic acids is 2. The lowest BCUT2D eigenvalue weighted by Gasteiger charge is -2.45. The average Bonchev–Trinajstić information content (AvgIpc) is 3.00. The second-order valence-corrected chi connectivity index (χ2v) is 9.28. The fourth-order valence-corrected chi connectivity index (χ4v) is 4.98. The first kappa shape index (κ1) is 20.5. The van der Waals surface area contributed by atoms with Gasteiger partial charge in [0.05, 0.1) is 5.92 Å². The molecule has 2 heterocycles. The Morgan fingerprint density at radius 1 is 1.07 bits per heavy atom. The molecule has 2 aliphatic rings. The van der Waals surface area contributed by atoms with Gasteiger partial charge in [-0.1, -0.05) is 66.7 Å². The molecule has 30 heavy (non-hydrogen) atoms. The van der Waals surface area contributed by atoms with E-state index in [4.69, 9.17) is 4.74 Å². The second-order valence-electron chi connectivity index (χ2n) is 9.28. The van der Waals surface area contributed by atoms with E-state index in [1.54, 1.807) is 6.08 Å². The number of esters is 1. The van der Waals surface area contributed by atoms with E-state index in [1.807, 2.05) is 75.4 Å². The molecule has 2 bridgehead atoms. The summed E-state index contributed by atoms with van der Waals surface area (Å²) < 4.78 is 5.77. The molecule has 0 spiro atoms. The van der Waals surface area contributed by atoms with Crippen molar-refractivity contribution in [3.8, 4) is 0 Å². The molecule has 0 aromatic heterocycles. The van der Waals surface area contributed by atoms with Crippen LogP contribution in [-0.4, -0.2) is 28.3 Å². The van der Waals surface area contributed by atoms with E-state index >= 15 is 0 Å². The Morgan fingerprint density at radius 2 is 1.67 bits per heavy atom. The van der Waals surface area contributed by atoms with E-state index in [9.17, 15) is 9.59 Å². The van der Waals surface area contributed by atoms with Crippen LogP contribution in [0.3, 0.4) is 0 Å². The molecule has 1 fully saturated rings. The minimum Gasteiger partial charge on any atom is -0.460 e. The smallest absolute Gasteiger partial charge is 0.311 e. The normalized spacial score (nSPS) is 27.1. The SMILES string of the molecule is C[C@@H](c1ccccc1)N1[C@@H]2C=CC(=O)[C@@]1(c1ccccc1)C[C@@H]2C(=O)OC(C)(C)C. The second kappa shape index (κ2) is 7.51. The van der Waals surface area contributed by atoms with Crippen molar-refractivity contribution in [2.75, 3.05) is 0 Å². The zero-order valence-corrected chi connectivity index (χ0v) is 18.0. The number of carbonyl (C=O) groups is 2. The first-order chi connectivity index (χ1) is 14.2. The molecule has 2 aromatic rings. The van der Waals surface area contributed by atoms with Crippen molar-refractivity contribution in [1.82, 2.24) is 4.90 Å². The molecule has 0 radical (unpaired) electrons. The van der Waals surface area contributed by atoms with Gasteiger partial charge < -0.3 is 4.74 Å². The highest BCUT2D eigenvalue weighted by atomic mass is 16.6. The van der Waals surface area contributed by atoms with Crippen LogP contribution in [0.15, 0.2) is 72.8 Å². The van der Waals surface area contributed by atoms with Crippen molar-refractivity contribution >= 4 is 11.8 Å². The number of benzene rings is 2. The Balaban J connectivity index is 1.84. The fourth-order valence-electron chi connectivity index (χ4n) is 4.98. The number of hydrogen-bond acceptors (Lipinski definition) is 4. The summed E-state index contributed by atoms with van der Waals surface area (Å²) in [6, 6.07) is 19.8. The quantitative estimate of drug-likeness (QED) is 0.687. The molecule has 2 aromatic carbocycles. The molecule has 0 aliphatic carbocycles. The monoisotopic (exact) mass is 403 g/mol. The molecular weight excluding hydrogens is 374 g/mol. The van der Waals surface area contributed by atoms with Crippen LogP contribution >= 0.6 is 0 Å². The van der Waals surface area contributed by atoms with Gasteiger partial charge in [0.1, 0.15) is 11.1 Å². The Labute approximate surface area is 178 Å². The lowest BCUT2D eigenvalue weighted by Crippen LogP contribution is -2.53. The summed E-state index contributed by atoms with van der Waals surface area (Å²) in [5.41, 5.74) is 0.600. The Bertz CT molecular complexity index is 961. The maximum Gasteiger partial charge on any atom is 0.311 e. The zero-order valence-electron chi connectivity index (χ0n) is 18.0. The van der Waals surface area contributed by atoms with Gasteiger partial charge in [0.25, 0.3) is 0 Å².